The first-order valence-electron chi connectivity index (χ1n) is 5.24. The molecule has 0 spiro atoms. The number of hydrogen-bond donors (Lipinski definition) is 2. The summed E-state index contributed by atoms with van der Waals surface area (Å²) in [5.74, 6) is -1.74. The maximum Gasteiger partial charge on any atom is 0.313 e. The van der Waals surface area contributed by atoms with E-state index in [2.05, 4.69) is 4.74 Å². The highest BCUT2D eigenvalue weighted by atomic mass is 35.5. The second kappa shape index (κ2) is 5.12. The molecule has 1 rings (SSSR count). The predicted molar refractivity (Wildman–Crippen MR) is 65.8 cm³/mol. The highest BCUT2D eigenvalue weighted by Gasteiger charge is 2.38. The third-order valence-electron chi connectivity index (χ3n) is 2.92. The molecule has 0 heterocycles. The Labute approximate surface area is 109 Å². The summed E-state index contributed by atoms with van der Waals surface area (Å²) in [7, 11) is 1.24. The Balaban J connectivity index is 3.23. The second-order valence-electron chi connectivity index (χ2n) is 4.49. The highest BCUT2D eigenvalue weighted by molar-refractivity contribution is 6.32. The second-order valence-corrected chi connectivity index (χ2v) is 4.87. The number of ether oxygens (including phenoxy) is 1. The van der Waals surface area contributed by atoms with Gasteiger partial charge in [-0.05, 0) is 19.9 Å². The molecule has 0 saturated heterocycles. The van der Waals surface area contributed by atoms with Crippen molar-refractivity contribution < 1.29 is 19.0 Å². The zero-order chi connectivity index (χ0) is 14.1. The van der Waals surface area contributed by atoms with Crippen molar-refractivity contribution in [3.05, 3.63) is 28.5 Å². The summed E-state index contributed by atoms with van der Waals surface area (Å²) >= 11 is 5.59. The molecule has 3 N–H and O–H groups in total. The average Bonchev–Trinajstić information content (AvgIpc) is 2.34. The van der Waals surface area contributed by atoms with Crippen LogP contribution in [0.3, 0.4) is 0 Å². The van der Waals surface area contributed by atoms with E-state index in [1.54, 1.807) is 13.8 Å². The fraction of sp³-hybridized carbons (Fsp3) is 0.417. The largest absolute Gasteiger partial charge is 0.506 e. The first kappa shape index (κ1) is 14.7. The lowest BCUT2D eigenvalue weighted by atomic mass is 9.80. The van der Waals surface area contributed by atoms with Gasteiger partial charge in [-0.1, -0.05) is 17.7 Å². The number of aromatic hydroxyl groups is 1. The monoisotopic (exact) mass is 275 g/mol. The zero-order valence-electron chi connectivity index (χ0n) is 10.3. The van der Waals surface area contributed by atoms with Crippen LogP contribution in [0.4, 0.5) is 4.39 Å². The van der Waals surface area contributed by atoms with E-state index >= 15 is 0 Å². The summed E-state index contributed by atoms with van der Waals surface area (Å²) in [5.41, 5.74) is 5.04. The number of phenolic OH excluding ortho intramolecular Hbond substituents is 1. The van der Waals surface area contributed by atoms with E-state index < -0.39 is 34.0 Å². The lowest BCUT2D eigenvalue weighted by Crippen LogP contribution is -2.37. The molecule has 0 aliphatic rings. The number of carbonyl (C=O) groups excluding carboxylic acids is 1. The molecular formula is C12H15ClFNO3. The molecule has 18 heavy (non-hydrogen) atoms. The summed E-state index contributed by atoms with van der Waals surface area (Å²) in [6, 6.07) is 1.51. The fourth-order valence-electron chi connectivity index (χ4n) is 1.58. The summed E-state index contributed by atoms with van der Waals surface area (Å²) in [6.07, 6.45) is 0. The normalized spacial score (nSPS) is 13.2. The van der Waals surface area contributed by atoms with Crippen molar-refractivity contribution in [2.75, 3.05) is 7.11 Å². The average molecular weight is 276 g/mol. The van der Waals surface area contributed by atoms with Crippen LogP contribution in [0.5, 0.6) is 5.75 Å². The molecule has 1 aromatic carbocycles. The van der Waals surface area contributed by atoms with Crippen molar-refractivity contribution in [3.8, 4) is 5.75 Å². The van der Waals surface area contributed by atoms with Crippen molar-refractivity contribution in [1.29, 1.82) is 0 Å². The van der Waals surface area contributed by atoms with Crippen LogP contribution in [0.25, 0.3) is 0 Å². The lowest BCUT2D eigenvalue weighted by Gasteiger charge is -2.29. The molecule has 0 bridgehead atoms. The number of rotatable bonds is 3. The lowest BCUT2D eigenvalue weighted by molar-refractivity contribution is -0.152. The Kier molecular flexibility index (Phi) is 4.19. The molecule has 6 heteroatoms. The molecule has 0 saturated carbocycles. The van der Waals surface area contributed by atoms with Crippen LogP contribution < -0.4 is 5.73 Å². The third-order valence-corrected chi connectivity index (χ3v) is 3.28. The summed E-state index contributed by atoms with van der Waals surface area (Å²) in [5, 5.41) is 9.35. The van der Waals surface area contributed by atoms with Gasteiger partial charge in [0.05, 0.1) is 12.5 Å². The molecule has 0 radical (unpaired) electrons. The molecule has 0 amide bonds. The van der Waals surface area contributed by atoms with E-state index in [-0.39, 0.29) is 5.56 Å². The minimum Gasteiger partial charge on any atom is -0.506 e. The summed E-state index contributed by atoms with van der Waals surface area (Å²) in [4.78, 5) is 11.6. The molecule has 0 aliphatic carbocycles. The molecule has 1 aromatic rings. The van der Waals surface area contributed by atoms with E-state index in [1.165, 1.54) is 13.2 Å². The Morgan fingerprint density at radius 2 is 2.11 bits per heavy atom. The quantitative estimate of drug-likeness (QED) is 0.831. The first-order valence-corrected chi connectivity index (χ1v) is 5.62. The van der Waals surface area contributed by atoms with Gasteiger partial charge < -0.3 is 15.6 Å². The van der Waals surface area contributed by atoms with Crippen molar-refractivity contribution in [1.82, 2.24) is 0 Å². The number of benzene rings is 1. The van der Waals surface area contributed by atoms with Gasteiger partial charge in [0.1, 0.15) is 16.6 Å². The van der Waals surface area contributed by atoms with Crippen molar-refractivity contribution in [2.24, 2.45) is 11.1 Å². The van der Waals surface area contributed by atoms with Gasteiger partial charge in [0.25, 0.3) is 0 Å². The van der Waals surface area contributed by atoms with Gasteiger partial charge in [0.15, 0.2) is 0 Å². The number of methoxy groups -OCH3 is 1. The van der Waals surface area contributed by atoms with Gasteiger partial charge >= 0.3 is 5.97 Å². The van der Waals surface area contributed by atoms with Gasteiger partial charge in [-0.15, -0.1) is 0 Å². The molecule has 0 aliphatic heterocycles. The first-order chi connectivity index (χ1) is 8.23. The van der Waals surface area contributed by atoms with Gasteiger partial charge in [0.2, 0.25) is 0 Å². The number of esters is 1. The van der Waals surface area contributed by atoms with Gasteiger partial charge in [-0.25, -0.2) is 4.39 Å². The standard InChI is InChI=1S/C12H15ClFNO3/c1-12(2,11(17)18-3)10(15)6-4-5-7(14)8(13)9(6)16/h4-5,10,16H,15H2,1-3H3/t10-/m1/s1. The number of phenols is 1. The minimum absolute atomic E-state index is 0.191. The molecule has 1 atom stereocenters. The molecule has 0 aromatic heterocycles. The van der Waals surface area contributed by atoms with Crippen molar-refractivity contribution >= 4 is 17.6 Å². The highest BCUT2D eigenvalue weighted by Crippen LogP contribution is 2.40. The Hall–Kier alpha value is -1.33. The summed E-state index contributed by atoms with van der Waals surface area (Å²) in [6.45, 7) is 3.14. The Morgan fingerprint density at radius 3 is 2.61 bits per heavy atom. The van der Waals surface area contributed by atoms with E-state index in [9.17, 15) is 14.3 Å². The Bertz CT molecular complexity index is 477. The van der Waals surface area contributed by atoms with Crippen molar-refractivity contribution in [2.45, 2.75) is 19.9 Å². The topological polar surface area (TPSA) is 72.5 Å². The number of hydrogen-bond acceptors (Lipinski definition) is 4. The number of carbonyl (C=O) groups is 1. The third kappa shape index (κ3) is 2.42. The van der Waals surface area contributed by atoms with Crippen LogP contribution in [0.1, 0.15) is 25.5 Å². The number of nitrogens with two attached hydrogens (primary N) is 1. The predicted octanol–water partition coefficient (Wildman–Crippen LogP) is 2.38. The van der Waals surface area contributed by atoms with Crippen LogP contribution in [-0.2, 0) is 9.53 Å². The maximum atomic E-state index is 13.1. The molecule has 100 valence electrons. The summed E-state index contributed by atoms with van der Waals surface area (Å²) < 4.78 is 17.8. The SMILES string of the molecule is COC(=O)C(C)(C)[C@H](N)c1ccc(F)c(Cl)c1O. The fourth-order valence-corrected chi connectivity index (χ4v) is 1.76. The molecule has 0 unspecified atom stereocenters. The molecule has 0 fully saturated rings. The van der Waals surface area contributed by atoms with Gasteiger partial charge in [-0.3, -0.25) is 4.79 Å². The van der Waals surface area contributed by atoms with Gasteiger partial charge in [-0.2, -0.15) is 0 Å². The van der Waals surface area contributed by atoms with Crippen LogP contribution in [-0.4, -0.2) is 18.2 Å². The maximum absolute atomic E-state index is 13.1. The van der Waals surface area contributed by atoms with Crippen LogP contribution in [0.2, 0.25) is 5.02 Å². The van der Waals surface area contributed by atoms with Crippen LogP contribution in [0, 0.1) is 11.2 Å². The van der Waals surface area contributed by atoms with E-state index in [1.807, 2.05) is 0 Å². The van der Waals surface area contributed by atoms with E-state index in [0.29, 0.717) is 0 Å². The molecule has 4 nitrogen and oxygen atoms in total. The Morgan fingerprint density at radius 1 is 1.56 bits per heavy atom. The van der Waals surface area contributed by atoms with Gasteiger partial charge in [0, 0.05) is 11.6 Å². The van der Waals surface area contributed by atoms with E-state index in [0.717, 1.165) is 6.07 Å². The minimum atomic E-state index is -1.08. The molecular weight excluding hydrogens is 261 g/mol. The van der Waals surface area contributed by atoms with Crippen LogP contribution in [0.15, 0.2) is 12.1 Å². The number of halogens is 2. The zero-order valence-corrected chi connectivity index (χ0v) is 11.1. The smallest absolute Gasteiger partial charge is 0.313 e. The van der Waals surface area contributed by atoms with Crippen LogP contribution >= 0.6 is 11.6 Å². The van der Waals surface area contributed by atoms with E-state index in [4.69, 9.17) is 17.3 Å². The van der Waals surface area contributed by atoms with Crippen molar-refractivity contribution in [3.63, 3.8) is 0 Å².